The van der Waals surface area contributed by atoms with E-state index in [1.165, 1.54) is 19.3 Å². The number of epoxide rings is 1. The van der Waals surface area contributed by atoms with Gasteiger partial charge in [-0.25, -0.2) is 0 Å². The van der Waals surface area contributed by atoms with Crippen molar-refractivity contribution in [2.75, 3.05) is 5.75 Å². The maximum absolute atomic E-state index is 5.59. The van der Waals surface area contributed by atoms with Gasteiger partial charge in [-0.15, -0.1) is 0 Å². The molecule has 0 aromatic carbocycles. The number of ether oxygens (including phenoxy) is 1. The minimum atomic E-state index is 0.693. The van der Waals surface area contributed by atoms with Crippen LogP contribution < -0.4 is 0 Å². The molecular formula is C9H14OS. The minimum absolute atomic E-state index is 0.693. The zero-order valence-electron chi connectivity index (χ0n) is 6.57. The summed E-state index contributed by atoms with van der Waals surface area (Å²) in [6.07, 6.45) is 5.62. The van der Waals surface area contributed by atoms with E-state index in [0.717, 1.165) is 23.5 Å². The van der Waals surface area contributed by atoms with Gasteiger partial charge in [-0.1, -0.05) is 0 Å². The van der Waals surface area contributed by atoms with Crippen LogP contribution in [-0.4, -0.2) is 18.0 Å². The van der Waals surface area contributed by atoms with E-state index in [1.54, 1.807) is 0 Å². The second-order valence-electron chi connectivity index (χ2n) is 4.23. The van der Waals surface area contributed by atoms with E-state index in [1.807, 2.05) is 0 Å². The van der Waals surface area contributed by atoms with Gasteiger partial charge in [0.1, 0.15) is 0 Å². The number of fused-ring (bicyclic) bond motifs is 5. The Morgan fingerprint density at radius 2 is 2.18 bits per heavy atom. The van der Waals surface area contributed by atoms with Crippen LogP contribution in [0.3, 0.4) is 0 Å². The third-order valence-corrected chi connectivity index (χ3v) is 3.99. The summed E-state index contributed by atoms with van der Waals surface area (Å²) in [7, 11) is 0. The predicted molar refractivity (Wildman–Crippen MR) is 46.8 cm³/mol. The Bertz CT molecular complexity index is 182. The van der Waals surface area contributed by atoms with Gasteiger partial charge in [0.25, 0.3) is 0 Å². The largest absolute Gasteiger partial charge is 0.369 e. The molecule has 1 nitrogen and oxygen atoms in total. The van der Waals surface area contributed by atoms with E-state index in [2.05, 4.69) is 12.6 Å². The van der Waals surface area contributed by atoms with Crippen LogP contribution in [0.5, 0.6) is 0 Å². The zero-order chi connectivity index (χ0) is 7.42. The number of rotatable bonds is 2. The average Bonchev–Trinajstić information content (AvgIpc) is 2.62. The van der Waals surface area contributed by atoms with Gasteiger partial charge in [-0.05, 0) is 42.8 Å². The molecule has 3 fully saturated rings. The molecule has 1 saturated heterocycles. The van der Waals surface area contributed by atoms with Crippen LogP contribution in [0.4, 0.5) is 0 Å². The molecule has 2 saturated carbocycles. The summed E-state index contributed by atoms with van der Waals surface area (Å²) < 4.78 is 5.59. The van der Waals surface area contributed by atoms with Crippen molar-refractivity contribution in [2.24, 2.45) is 17.8 Å². The van der Waals surface area contributed by atoms with Crippen molar-refractivity contribution in [3.8, 4) is 0 Å². The Labute approximate surface area is 72.9 Å². The molecule has 2 heteroatoms. The molecule has 2 bridgehead atoms. The normalized spacial score (nSPS) is 58.1. The van der Waals surface area contributed by atoms with Gasteiger partial charge < -0.3 is 4.74 Å². The first-order chi connectivity index (χ1) is 5.40. The zero-order valence-corrected chi connectivity index (χ0v) is 7.47. The SMILES string of the molecule is SCCC1CC2CC1C1OC21. The average molecular weight is 170 g/mol. The Kier molecular flexibility index (Phi) is 1.34. The van der Waals surface area contributed by atoms with E-state index in [-0.39, 0.29) is 0 Å². The van der Waals surface area contributed by atoms with Crippen LogP contribution in [0.1, 0.15) is 19.3 Å². The predicted octanol–water partition coefficient (Wildman–Crippen LogP) is 1.73. The second-order valence-corrected chi connectivity index (χ2v) is 4.68. The van der Waals surface area contributed by atoms with Crippen molar-refractivity contribution in [2.45, 2.75) is 31.5 Å². The van der Waals surface area contributed by atoms with Crippen LogP contribution in [-0.2, 0) is 4.74 Å². The highest BCUT2D eigenvalue weighted by molar-refractivity contribution is 7.80. The first kappa shape index (κ1) is 6.79. The van der Waals surface area contributed by atoms with E-state index in [0.29, 0.717) is 12.2 Å². The maximum atomic E-state index is 5.59. The summed E-state index contributed by atoms with van der Waals surface area (Å²) in [6.45, 7) is 0. The molecule has 11 heavy (non-hydrogen) atoms. The van der Waals surface area contributed by atoms with Gasteiger partial charge in [0.2, 0.25) is 0 Å². The Hall–Kier alpha value is 0.310. The van der Waals surface area contributed by atoms with Crippen molar-refractivity contribution in [1.82, 2.24) is 0 Å². The first-order valence-corrected chi connectivity index (χ1v) is 5.29. The third-order valence-electron chi connectivity index (χ3n) is 3.73. The molecule has 0 radical (unpaired) electrons. The van der Waals surface area contributed by atoms with Gasteiger partial charge in [0.05, 0.1) is 12.2 Å². The van der Waals surface area contributed by atoms with E-state index in [9.17, 15) is 0 Å². The van der Waals surface area contributed by atoms with E-state index >= 15 is 0 Å². The molecule has 0 N–H and O–H groups in total. The smallest absolute Gasteiger partial charge is 0.0875 e. The molecule has 0 amide bonds. The fourth-order valence-electron chi connectivity index (χ4n) is 3.23. The third kappa shape index (κ3) is 0.829. The van der Waals surface area contributed by atoms with E-state index < -0.39 is 0 Å². The molecule has 5 unspecified atom stereocenters. The topological polar surface area (TPSA) is 12.5 Å². The summed E-state index contributed by atoms with van der Waals surface area (Å²) in [5.41, 5.74) is 0. The van der Waals surface area contributed by atoms with Crippen molar-refractivity contribution in [1.29, 1.82) is 0 Å². The number of thiol groups is 1. The summed E-state index contributed by atoms with van der Waals surface area (Å²) in [5.74, 6) is 3.89. The molecule has 0 aromatic heterocycles. The van der Waals surface area contributed by atoms with Crippen molar-refractivity contribution >= 4 is 12.6 Å². The lowest BCUT2D eigenvalue weighted by Gasteiger charge is -2.17. The number of hydrogen-bond acceptors (Lipinski definition) is 2. The second kappa shape index (κ2) is 2.17. The molecule has 2 aliphatic carbocycles. The molecule has 0 spiro atoms. The fraction of sp³-hybridized carbons (Fsp3) is 1.00. The molecular weight excluding hydrogens is 156 g/mol. The minimum Gasteiger partial charge on any atom is -0.369 e. The quantitative estimate of drug-likeness (QED) is 0.492. The lowest BCUT2D eigenvalue weighted by molar-refractivity contribution is 0.249. The highest BCUT2D eigenvalue weighted by atomic mass is 32.1. The maximum Gasteiger partial charge on any atom is 0.0875 e. The van der Waals surface area contributed by atoms with Gasteiger partial charge in [-0.3, -0.25) is 0 Å². The lowest BCUT2D eigenvalue weighted by atomic mass is 9.87. The highest BCUT2D eigenvalue weighted by Gasteiger charge is 2.62. The highest BCUT2D eigenvalue weighted by Crippen LogP contribution is 2.59. The summed E-state index contributed by atoms with van der Waals surface area (Å²) >= 11 is 4.29. The molecule has 5 atom stereocenters. The molecule has 1 aliphatic heterocycles. The van der Waals surface area contributed by atoms with Crippen LogP contribution >= 0.6 is 12.6 Å². The van der Waals surface area contributed by atoms with Gasteiger partial charge in [0, 0.05) is 0 Å². The lowest BCUT2D eigenvalue weighted by Crippen LogP contribution is -2.17. The van der Waals surface area contributed by atoms with Crippen LogP contribution in [0.2, 0.25) is 0 Å². The Morgan fingerprint density at radius 3 is 2.82 bits per heavy atom. The summed E-state index contributed by atoms with van der Waals surface area (Å²) in [6, 6.07) is 0. The molecule has 1 heterocycles. The molecule has 3 rings (SSSR count). The van der Waals surface area contributed by atoms with Gasteiger partial charge in [-0.2, -0.15) is 12.6 Å². The Balaban J connectivity index is 1.73. The van der Waals surface area contributed by atoms with Crippen molar-refractivity contribution in [3.63, 3.8) is 0 Å². The monoisotopic (exact) mass is 170 g/mol. The van der Waals surface area contributed by atoms with E-state index in [4.69, 9.17) is 4.74 Å². The summed E-state index contributed by atoms with van der Waals surface area (Å²) in [5, 5.41) is 0. The van der Waals surface area contributed by atoms with Crippen LogP contribution in [0.25, 0.3) is 0 Å². The molecule has 3 aliphatic rings. The summed E-state index contributed by atoms with van der Waals surface area (Å²) in [4.78, 5) is 0. The van der Waals surface area contributed by atoms with Gasteiger partial charge in [0.15, 0.2) is 0 Å². The Morgan fingerprint density at radius 1 is 1.27 bits per heavy atom. The van der Waals surface area contributed by atoms with Crippen LogP contribution in [0.15, 0.2) is 0 Å². The molecule has 62 valence electrons. The van der Waals surface area contributed by atoms with Gasteiger partial charge >= 0.3 is 0 Å². The van der Waals surface area contributed by atoms with Crippen LogP contribution in [0, 0.1) is 17.8 Å². The van der Waals surface area contributed by atoms with Crippen molar-refractivity contribution < 1.29 is 4.74 Å². The number of hydrogen-bond donors (Lipinski definition) is 1. The first-order valence-electron chi connectivity index (χ1n) is 4.66. The van der Waals surface area contributed by atoms with Crippen molar-refractivity contribution in [3.05, 3.63) is 0 Å². The fourth-order valence-corrected chi connectivity index (χ4v) is 3.56. The standard InChI is InChI=1S/C9H14OS/c11-2-1-5-3-6-4-7(5)9-8(6)10-9/h5-9,11H,1-4H2. The molecule has 0 aromatic rings.